The van der Waals surface area contributed by atoms with Gasteiger partial charge in [-0.15, -0.1) is 0 Å². The molecule has 1 aliphatic heterocycles. The lowest BCUT2D eigenvalue weighted by molar-refractivity contribution is -0.0221. The second-order valence-electron chi connectivity index (χ2n) is 6.11. The lowest BCUT2D eigenvalue weighted by Gasteiger charge is -2.40. The predicted molar refractivity (Wildman–Crippen MR) is 73.4 cm³/mol. The molecule has 0 aromatic carbocycles. The molecule has 1 unspecified atom stereocenters. The summed E-state index contributed by atoms with van der Waals surface area (Å²) in [7, 11) is 4.29. The Morgan fingerprint density at radius 2 is 2.18 bits per heavy atom. The summed E-state index contributed by atoms with van der Waals surface area (Å²) >= 11 is 0. The summed E-state index contributed by atoms with van der Waals surface area (Å²) in [5.74, 6) is 0.792. The van der Waals surface area contributed by atoms with Gasteiger partial charge in [-0.25, -0.2) is 0 Å². The van der Waals surface area contributed by atoms with Crippen molar-refractivity contribution in [3.63, 3.8) is 0 Å². The van der Waals surface area contributed by atoms with Gasteiger partial charge >= 0.3 is 0 Å². The maximum atomic E-state index is 5.70. The zero-order valence-electron chi connectivity index (χ0n) is 12.1. The summed E-state index contributed by atoms with van der Waals surface area (Å²) in [6.45, 7) is 9.87. The van der Waals surface area contributed by atoms with Crippen molar-refractivity contribution in [3.8, 4) is 0 Å². The van der Waals surface area contributed by atoms with Gasteiger partial charge in [0.1, 0.15) is 0 Å². The predicted octanol–water partition coefficient (Wildman–Crippen LogP) is 1.98. The highest BCUT2D eigenvalue weighted by Crippen LogP contribution is 2.28. The van der Waals surface area contributed by atoms with Crippen LogP contribution in [0, 0.1) is 11.3 Å². The van der Waals surface area contributed by atoms with Gasteiger partial charge in [-0.1, -0.05) is 13.8 Å². The van der Waals surface area contributed by atoms with Crippen molar-refractivity contribution in [2.24, 2.45) is 11.3 Å². The Labute approximate surface area is 107 Å². The quantitative estimate of drug-likeness (QED) is 0.739. The van der Waals surface area contributed by atoms with Crippen LogP contribution < -0.4 is 5.32 Å². The number of nitrogens with zero attached hydrogens (tertiary/aromatic N) is 1. The Kier molecular flexibility index (Phi) is 6.45. The first-order valence-electron chi connectivity index (χ1n) is 6.99. The van der Waals surface area contributed by atoms with E-state index in [1.54, 1.807) is 0 Å². The number of hydrogen-bond donors (Lipinski definition) is 1. The van der Waals surface area contributed by atoms with Gasteiger partial charge in [-0.05, 0) is 45.8 Å². The van der Waals surface area contributed by atoms with E-state index >= 15 is 0 Å². The Morgan fingerprint density at radius 3 is 2.71 bits per heavy atom. The van der Waals surface area contributed by atoms with E-state index in [2.05, 4.69) is 31.1 Å². The summed E-state index contributed by atoms with van der Waals surface area (Å²) in [6, 6.07) is 0. The average molecular weight is 242 g/mol. The van der Waals surface area contributed by atoms with E-state index in [0.717, 1.165) is 32.2 Å². The normalized spacial score (nSPS) is 25.8. The number of ether oxygens (including phenoxy) is 1. The molecule has 1 atom stereocenters. The van der Waals surface area contributed by atoms with Crippen LogP contribution in [-0.4, -0.2) is 51.8 Å². The first-order chi connectivity index (χ1) is 8.08. The summed E-state index contributed by atoms with van der Waals surface area (Å²) in [5.41, 5.74) is 0.332. The van der Waals surface area contributed by atoms with Crippen molar-refractivity contribution in [3.05, 3.63) is 0 Å². The average Bonchev–Trinajstić information content (AvgIpc) is 2.28. The fraction of sp³-hybridized carbons (Fsp3) is 1.00. The maximum absolute atomic E-state index is 5.70. The standard InChI is InChI=1S/C14H30N2O/c1-13(2)6-8-16(4)11-14(10-15-3)7-5-9-17-12-14/h13,15H,5-12H2,1-4H3. The Bertz CT molecular complexity index is 195. The minimum absolute atomic E-state index is 0.332. The topological polar surface area (TPSA) is 24.5 Å². The molecule has 0 spiro atoms. The van der Waals surface area contributed by atoms with Gasteiger partial charge in [-0.3, -0.25) is 0 Å². The Morgan fingerprint density at radius 1 is 1.41 bits per heavy atom. The third kappa shape index (κ3) is 5.36. The van der Waals surface area contributed by atoms with Crippen molar-refractivity contribution in [2.75, 3.05) is 46.9 Å². The van der Waals surface area contributed by atoms with Gasteiger partial charge in [0.2, 0.25) is 0 Å². The van der Waals surface area contributed by atoms with Gasteiger partial charge in [0.15, 0.2) is 0 Å². The molecule has 0 aromatic heterocycles. The van der Waals surface area contributed by atoms with E-state index < -0.39 is 0 Å². The van der Waals surface area contributed by atoms with Crippen LogP contribution in [0.15, 0.2) is 0 Å². The largest absolute Gasteiger partial charge is 0.381 e. The first-order valence-corrected chi connectivity index (χ1v) is 6.99. The first kappa shape index (κ1) is 14.9. The molecule has 0 bridgehead atoms. The van der Waals surface area contributed by atoms with Crippen LogP contribution in [0.4, 0.5) is 0 Å². The molecule has 0 radical (unpaired) electrons. The molecular formula is C14H30N2O. The lowest BCUT2D eigenvalue weighted by atomic mass is 9.81. The maximum Gasteiger partial charge on any atom is 0.0546 e. The minimum Gasteiger partial charge on any atom is -0.381 e. The summed E-state index contributed by atoms with van der Waals surface area (Å²) in [5, 5.41) is 3.34. The zero-order chi connectivity index (χ0) is 12.7. The van der Waals surface area contributed by atoms with Gasteiger partial charge < -0.3 is 15.0 Å². The zero-order valence-corrected chi connectivity index (χ0v) is 12.1. The Balaban J connectivity index is 2.42. The second-order valence-corrected chi connectivity index (χ2v) is 6.11. The Hall–Kier alpha value is -0.120. The monoisotopic (exact) mass is 242 g/mol. The molecule has 17 heavy (non-hydrogen) atoms. The van der Waals surface area contributed by atoms with Gasteiger partial charge in [0, 0.05) is 25.1 Å². The molecule has 1 saturated heterocycles. The van der Waals surface area contributed by atoms with Crippen LogP contribution in [0.1, 0.15) is 33.1 Å². The molecule has 1 aliphatic rings. The van der Waals surface area contributed by atoms with E-state index in [9.17, 15) is 0 Å². The SMILES string of the molecule is CNCC1(CN(C)CCC(C)C)CCCOC1. The van der Waals surface area contributed by atoms with Gasteiger partial charge in [0.25, 0.3) is 0 Å². The lowest BCUT2D eigenvalue weighted by Crippen LogP contribution is -2.47. The highest BCUT2D eigenvalue weighted by molar-refractivity contribution is 4.86. The van der Waals surface area contributed by atoms with E-state index in [1.165, 1.54) is 25.8 Å². The molecule has 102 valence electrons. The van der Waals surface area contributed by atoms with Crippen LogP contribution in [0.25, 0.3) is 0 Å². The van der Waals surface area contributed by atoms with Crippen molar-refractivity contribution in [1.29, 1.82) is 0 Å². The molecule has 3 heteroatoms. The van der Waals surface area contributed by atoms with Crippen LogP contribution in [-0.2, 0) is 4.74 Å². The number of nitrogens with one attached hydrogen (secondary N) is 1. The molecule has 0 amide bonds. The van der Waals surface area contributed by atoms with Crippen molar-refractivity contribution in [2.45, 2.75) is 33.1 Å². The van der Waals surface area contributed by atoms with E-state index in [4.69, 9.17) is 4.74 Å². The van der Waals surface area contributed by atoms with Crippen LogP contribution in [0.3, 0.4) is 0 Å². The fourth-order valence-electron chi connectivity index (χ4n) is 2.74. The smallest absolute Gasteiger partial charge is 0.0546 e. The van der Waals surface area contributed by atoms with Crippen LogP contribution in [0.2, 0.25) is 0 Å². The molecule has 1 rings (SSSR count). The van der Waals surface area contributed by atoms with E-state index in [0.29, 0.717) is 5.41 Å². The highest BCUT2D eigenvalue weighted by Gasteiger charge is 2.33. The molecule has 0 aromatic rings. The molecule has 0 saturated carbocycles. The molecule has 0 aliphatic carbocycles. The van der Waals surface area contributed by atoms with E-state index in [1.807, 2.05) is 7.05 Å². The molecule has 1 heterocycles. The molecule has 1 fully saturated rings. The number of hydrogen-bond acceptors (Lipinski definition) is 3. The second kappa shape index (κ2) is 7.34. The molecule has 1 N–H and O–H groups in total. The van der Waals surface area contributed by atoms with Crippen LogP contribution in [0.5, 0.6) is 0 Å². The third-order valence-corrected chi connectivity index (χ3v) is 3.65. The minimum atomic E-state index is 0.332. The number of rotatable bonds is 7. The highest BCUT2D eigenvalue weighted by atomic mass is 16.5. The van der Waals surface area contributed by atoms with Crippen LogP contribution >= 0.6 is 0 Å². The van der Waals surface area contributed by atoms with Crippen molar-refractivity contribution >= 4 is 0 Å². The summed E-state index contributed by atoms with van der Waals surface area (Å²) in [4.78, 5) is 2.48. The summed E-state index contributed by atoms with van der Waals surface area (Å²) in [6.07, 6.45) is 3.78. The van der Waals surface area contributed by atoms with Gasteiger partial charge in [-0.2, -0.15) is 0 Å². The third-order valence-electron chi connectivity index (χ3n) is 3.65. The summed E-state index contributed by atoms with van der Waals surface area (Å²) < 4.78 is 5.70. The van der Waals surface area contributed by atoms with E-state index in [-0.39, 0.29) is 0 Å². The van der Waals surface area contributed by atoms with Crippen molar-refractivity contribution < 1.29 is 4.74 Å². The fourth-order valence-corrected chi connectivity index (χ4v) is 2.74. The van der Waals surface area contributed by atoms with Gasteiger partial charge in [0.05, 0.1) is 6.61 Å². The molecular weight excluding hydrogens is 212 g/mol. The molecule has 3 nitrogen and oxygen atoms in total. The van der Waals surface area contributed by atoms with Crippen molar-refractivity contribution in [1.82, 2.24) is 10.2 Å².